The number of hydrogen-bond donors (Lipinski definition) is 0. The topological polar surface area (TPSA) is 20.3 Å². The third-order valence-corrected chi connectivity index (χ3v) is 5.03. The van der Waals surface area contributed by atoms with Gasteiger partial charge < -0.3 is 4.90 Å². The van der Waals surface area contributed by atoms with Crippen molar-refractivity contribution in [3.05, 3.63) is 43.0 Å². The van der Waals surface area contributed by atoms with E-state index in [0.717, 1.165) is 12.3 Å². The number of amides is 1. The van der Waals surface area contributed by atoms with Crippen LogP contribution in [0, 0.1) is 17.8 Å². The molecular weight excluding hydrogens is 266 g/mol. The normalized spacial score (nSPS) is 22.6. The second kappa shape index (κ2) is 6.98. The Morgan fingerprint density at radius 1 is 1.40 bits per heavy atom. The summed E-state index contributed by atoms with van der Waals surface area (Å²) in [4.78, 5) is 15.7. The van der Waals surface area contributed by atoms with Gasteiger partial charge in [-0.2, -0.15) is 0 Å². The molecule has 1 heterocycles. The standard InChI is InChI=1S/C17H23NOS/c1-4-10-18-11-14(16(13(2)3)17(18)19)12-20-15-8-6-5-7-9-15/h4-9,13-14,16H,1,10-12H2,2-3H3/t14-,16+/m1/s1. The summed E-state index contributed by atoms with van der Waals surface area (Å²) in [7, 11) is 0. The first-order valence-corrected chi connectivity index (χ1v) is 8.19. The van der Waals surface area contributed by atoms with Crippen LogP contribution in [0.1, 0.15) is 13.8 Å². The van der Waals surface area contributed by atoms with Crippen LogP contribution >= 0.6 is 11.8 Å². The molecule has 1 aromatic carbocycles. The Kier molecular flexibility index (Phi) is 5.30. The lowest BCUT2D eigenvalue weighted by Crippen LogP contribution is -2.29. The largest absolute Gasteiger partial charge is 0.338 e. The van der Waals surface area contributed by atoms with Crippen LogP contribution in [0.15, 0.2) is 47.9 Å². The molecule has 2 nitrogen and oxygen atoms in total. The van der Waals surface area contributed by atoms with Gasteiger partial charge in [0.2, 0.25) is 5.91 Å². The van der Waals surface area contributed by atoms with Gasteiger partial charge in [-0.15, -0.1) is 18.3 Å². The van der Waals surface area contributed by atoms with Crippen molar-refractivity contribution in [1.29, 1.82) is 0 Å². The molecule has 20 heavy (non-hydrogen) atoms. The van der Waals surface area contributed by atoms with Crippen molar-refractivity contribution >= 4 is 17.7 Å². The summed E-state index contributed by atoms with van der Waals surface area (Å²) in [6, 6.07) is 10.4. The van der Waals surface area contributed by atoms with Crippen molar-refractivity contribution in [2.75, 3.05) is 18.8 Å². The average Bonchev–Trinajstić information content (AvgIpc) is 2.75. The number of carbonyl (C=O) groups excluding carboxylic acids is 1. The first-order valence-electron chi connectivity index (χ1n) is 7.21. The fourth-order valence-corrected chi connectivity index (χ4v) is 3.99. The molecule has 0 aliphatic carbocycles. The highest BCUT2D eigenvalue weighted by Crippen LogP contribution is 2.34. The summed E-state index contributed by atoms with van der Waals surface area (Å²) < 4.78 is 0. The molecule has 2 rings (SSSR count). The lowest BCUT2D eigenvalue weighted by Gasteiger charge is -2.19. The zero-order valence-electron chi connectivity index (χ0n) is 12.3. The van der Waals surface area contributed by atoms with Gasteiger partial charge in [-0.25, -0.2) is 0 Å². The quantitative estimate of drug-likeness (QED) is 0.588. The molecule has 1 aliphatic rings. The first kappa shape index (κ1) is 15.2. The van der Waals surface area contributed by atoms with Crippen molar-refractivity contribution in [2.45, 2.75) is 18.7 Å². The van der Waals surface area contributed by atoms with Crippen molar-refractivity contribution in [1.82, 2.24) is 4.90 Å². The number of hydrogen-bond acceptors (Lipinski definition) is 2. The van der Waals surface area contributed by atoms with E-state index in [0.29, 0.717) is 24.3 Å². The molecule has 0 spiro atoms. The third kappa shape index (κ3) is 3.45. The molecular formula is C17H23NOS. The van der Waals surface area contributed by atoms with Gasteiger partial charge in [0, 0.05) is 29.7 Å². The third-order valence-electron chi connectivity index (χ3n) is 3.83. The predicted molar refractivity (Wildman–Crippen MR) is 85.8 cm³/mol. The second-order valence-corrected chi connectivity index (χ2v) is 6.78. The highest BCUT2D eigenvalue weighted by Gasteiger charge is 2.41. The Balaban J connectivity index is 2.01. The van der Waals surface area contributed by atoms with Gasteiger partial charge in [0.1, 0.15) is 0 Å². The van der Waals surface area contributed by atoms with Gasteiger partial charge in [-0.05, 0) is 24.0 Å². The number of nitrogens with zero attached hydrogens (tertiary/aromatic N) is 1. The van der Waals surface area contributed by atoms with E-state index in [4.69, 9.17) is 0 Å². The van der Waals surface area contributed by atoms with Crippen molar-refractivity contribution < 1.29 is 4.79 Å². The number of benzene rings is 1. The Morgan fingerprint density at radius 2 is 2.10 bits per heavy atom. The van der Waals surface area contributed by atoms with Gasteiger partial charge in [0.05, 0.1) is 0 Å². The molecule has 0 N–H and O–H groups in total. The van der Waals surface area contributed by atoms with Crippen LogP contribution in [0.25, 0.3) is 0 Å². The summed E-state index contributed by atoms with van der Waals surface area (Å²) in [5, 5.41) is 0. The SMILES string of the molecule is C=CCN1C[C@H](CSc2ccccc2)[C@H](C(C)C)C1=O. The van der Waals surface area contributed by atoms with E-state index in [1.54, 1.807) is 0 Å². The molecule has 1 saturated heterocycles. The Hall–Kier alpha value is -1.22. The van der Waals surface area contributed by atoms with Crippen LogP contribution in [0.5, 0.6) is 0 Å². The number of likely N-dealkylation sites (tertiary alicyclic amines) is 1. The minimum absolute atomic E-state index is 0.158. The monoisotopic (exact) mass is 289 g/mol. The summed E-state index contributed by atoms with van der Waals surface area (Å²) in [5.74, 6) is 2.31. The predicted octanol–water partition coefficient (Wildman–Crippen LogP) is 3.70. The van der Waals surface area contributed by atoms with Gasteiger partial charge in [0.15, 0.2) is 0 Å². The summed E-state index contributed by atoms with van der Waals surface area (Å²) in [5.41, 5.74) is 0. The lowest BCUT2D eigenvalue weighted by atomic mass is 9.87. The van der Waals surface area contributed by atoms with Crippen LogP contribution in [0.2, 0.25) is 0 Å². The molecule has 108 valence electrons. The van der Waals surface area contributed by atoms with Crippen LogP contribution in [-0.4, -0.2) is 29.6 Å². The minimum Gasteiger partial charge on any atom is -0.338 e. The van der Waals surface area contributed by atoms with Gasteiger partial charge in [-0.3, -0.25) is 4.79 Å². The molecule has 0 unspecified atom stereocenters. The van der Waals surface area contributed by atoms with Crippen molar-refractivity contribution in [2.24, 2.45) is 17.8 Å². The van der Waals surface area contributed by atoms with E-state index in [1.165, 1.54) is 4.90 Å². The zero-order chi connectivity index (χ0) is 14.5. The highest BCUT2D eigenvalue weighted by atomic mass is 32.2. The van der Waals surface area contributed by atoms with Crippen LogP contribution in [-0.2, 0) is 4.79 Å². The van der Waals surface area contributed by atoms with E-state index in [-0.39, 0.29) is 5.92 Å². The molecule has 0 aromatic heterocycles. The molecule has 1 aliphatic heterocycles. The van der Waals surface area contributed by atoms with Crippen LogP contribution in [0.3, 0.4) is 0 Å². The second-order valence-electron chi connectivity index (χ2n) is 5.69. The van der Waals surface area contributed by atoms with Crippen molar-refractivity contribution in [3.8, 4) is 0 Å². The van der Waals surface area contributed by atoms with E-state index < -0.39 is 0 Å². The maximum absolute atomic E-state index is 12.4. The highest BCUT2D eigenvalue weighted by molar-refractivity contribution is 7.99. The molecule has 1 fully saturated rings. The first-order chi connectivity index (χ1) is 9.63. The average molecular weight is 289 g/mol. The summed E-state index contributed by atoms with van der Waals surface area (Å²) in [6.07, 6.45) is 1.82. The maximum atomic E-state index is 12.4. The van der Waals surface area contributed by atoms with E-state index in [2.05, 4.69) is 44.7 Å². The number of thioether (sulfide) groups is 1. The Bertz CT molecular complexity index is 457. The number of carbonyl (C=O) groups is 1. The fraction of sp³-hybridized carbons (Fsp3) is 0.471. The molecule has 0 bridgehead atoms. The van der Waals surface area contributed by atoms with Crippen LogP contribution < -0.4 is 0 Å². The Morgan fingerprint density at radius 3 is 2.70 bits per heavy atom. The molecule has 3 heteroatoms. The van der Waals surface area contributed by atoms with Gasteiger partial charge >= 0.3 is 0 Å². The van der Waals surface area contributed by atoms with Crippen molar-refractivity contribution in [3.63, 3.8) is 0 Å². The van der Waals surface area contributed by atoms with E-state index in [9.17, 15) is 4.79 Å². The molecule has 2 atom stereocenters. The number of rotatable bonds is 6. The minimum atomic E-state index is 0.158. The maximum Gasteiger partial charge on any atom is 0.226 e. The fourth-order valence-electron chi connectivity index (χ4n) is 2.93. The van der Waals surface area contributed by atoms with Gasteiger partial charge in [0.25, 0.3) is 0 Å². The van der Waals surface area contributed by atoms with Crippen LogP contribution in [0.4, 0.5) is 0 Å². The molecule has 0 radical (unpaired) electrons. The Labute approximate surface area is 126 Å². The molecule has 1 aromatic rings. The van der Waals surface area contributed by atoms with E-state index >= 15 is 0 Å². The van der Waals surface area contributed by atoms with Gasteiger partial charge in [-0.1, -0.05) is 38.1 Å². The smallest absolute Gasteiger partial charge is 0.226 e. The molecule has 1 amide bonds. The summed E-state index contributed by atoms with van der Waals surface area (Å²) >= 11 is 1.86. The lowest BCUT2D eigenvalue weighted by molar-refractivity contribution is -0.131. The summed E-state index contributed by atoms with van der Waals surface area (Å²) in [6.45, 7) is 9.60. The van der Waals surface area contributed by atoms with E-state index in [1.807, 2.05) is 28.8 Å². The zero-order valence-corrected chi connectivity index (χ0v) is 13.1. The molecule has 0 saturated carbocycles.